The fraction of sp³-hybridized carbons (Fsp3) is 0.625. The number of benzene rings is 1. The highest BCUT2D eigenvalue weighted by molar-refractivity contribution is 5.43. The zero-order valence-electron chi connectivity index (χ0n) is 12.9. The summed E-state index contributed by atoms with van der Waals surface area (Å²) in [4.78, 5) is 2.22. The molecule has 0 atom stereocenters. The van der Waals surface area contributed by atoms with Crippen molar-refractivity contribution in [1.82, 2.24) is 4.90 Å². The van der Waals surface area contributed by atoms with Gasteiger partial charge in [0.2, 0.25) is 0 Å². The summed E-state index contributed by atoms with van der Waals surface area (Å²) in [7, 11) is 2.08. The molecule has 0 spiro atoms. The summed E-state index contributed by atoms with van der Waals surface area (Å²) in [6, 6.07) is 2.26. The number of likely N-dealkylation sites (N-methyl/N-ethyl adjacent to an activating group) is 1. The van der Waals surface area contributed by atoms with Crippen LogP contribution in [0.15, 0.2) is 6.07 Å². The molecule has 0 aliphatic heterocycles. The minimum Gasteiger partial charge on any atom is -0.394 e. The van der Waals surface area contributed by atoms with Crippen molar-refractivity contribution in [2.24, 2.45) is 0 Å². The average molecular weight is 249 g/mol. The molecule has 102 valence electrons. The Kier molecular flexibility index (Phi) is 4.57. The number of hydrogen-bond donors (Lipinski definition) is 1. The Bertz CT molecular complexity index is 409. The van der Waals surface area contributed by atoms with Gasteiger partial charge in [-0.25, -0.2) is 0 Å². The molecule has 0 heterocycles. The van der Waals surface area contributed by atoms with Crippen molar-refractivity contribution in [3.05, 3.63) is 33.9 Å². The molecule has 0 aliphatic rings. The third-order valence-corrected chi connectivity index (χ3v) is 4.34. The number of hydrogen-bond acceptors (Lipinski definition) is 2. The number of nitrogens with zero attached hydrogens (tertiary/aromatic N) is 1. The van der Waals surface area contributed by atoms with Crippen LogP contribution in [0.3, 0.4) is 0 Å². The maximum Gasteiger partial charge on any atom is 0.0610 e. The second-order valence-electron chi connectivity index (χ2n) is 6.07. The van der Waals surface area contributed by atoms with Crippen LogP contribution in [0.25, 0.3) is 0 Å². The van der Waals surface area contributed by atoms with E-state index in [1.807, 2.05) is 0 Å². The highest BCUT2D eigenvalue weighted by atomic mass is 16.3. The molecular formula is C16H27NO. The van der Waals surface area contributed by atoms with Gasteiger partial charge in [0.05, 0.1) is 6.61 Å². The fourth-order valence-corrected chi connectivity index (χ4v) is 2.11. The second kappa shape index (κ2) is 5.41. The minimum atomic E-state index is -0.184. The Morgan fingerprint density at radius 1 is 1.06 bits per heavy atom. The molecule has 0 unspecified atom stereocenters. The molecule has 0 bridgehead atoms. The van der Waals surface area contributed by atoms with Gasteiger partial charge in [-0.2, -0.15) is 0 Å². The van der Waals surface area contributed by atoms with E-state index in [1.54, 1.807) is 0 Å². The standard InChI is InChI=1S/C16H27NO/c1-11-8-12(2)14(4)15(13(11)3)9-17(7)16(5,6)10-18/h8,18H,9-10H2,1-7H3. The van der Waals surface area contributed by atoms with Crippen LogP contribution in [0.5, 0.6) is 0 Å². The SMILES string of the molecule is Cc1cc(C)c(C)c(CN(C)C(C)(C)CO)c1C. The summed E-state index contributed by atoms with van der Waals surface area (Å²) in [6.07, 6.45) is 0. The normalized spacial score (nSPS) is 12.3. The molecular weight excluding hydrogens is 222 g/mol. The summed E-state index contributed by atoms with van der Waals surface area (Å²) >= 11 is 0. The molecule has 1 aromatic rings. The number of aryl methyl sites for hydroxylation is 2. The van der Waals surface area contributed by atoms with Gasteiger partial charge in [0, 0.05) is 12.1 Å². The van der Waals surface area contributed by atoms with E-state index in [4.69, 9.17) is 0 Å². The monoisotopic (exact) mass is 249 g/mol. The molecule has 0 fully saturated rings. The van der Waals surface area contributed by atoms with Crippen LogP contribution in [0, 0.1) is 27.7 Å². The molecule has 0 radical (unpaired) electrons. The van der Waals surface area contributed by atoms with Crippen molar-refractivity contribution in [3.63, 3.8) is 0 Å². The lowest BCUT2D eigenvalue weighted by atomic mass is 9.93. The van der Waals surface area contributed by atoms with Crippen LogP contribution in [-0.4, -0.2) is 29.2 Å². The van der Waals surface area contributed by atoms with Crippen LogP contribution in [0.2, 0.25) is 0 Å². The number of rotatable bonds is 4. The van der Waals surface area contributed by atoms with Crippen molar-refractivity contribution >= 4 is 0 Å². The summed E-state index contributed by atoms with van der Waals surface area (Å²) in [5.41, 5.74) is 6.66. The van der Waals surface area contributed by atoms with Crippen molar-refractivity contribution < 1.29 is 5.11 Å². The lowest BCUT2D eigenvalue weighted by molar-refractivity contribution is 0.0731. The van der Waals surface area contributed by atoms with Gasteiger partial charge in [-0.1, -0.05) is 6.07 Å². The molecule has 1 rings (SSSR count). The molecule has 2 nitrogen and oxygen atoms in total. The maximum atomic E-state index is 9.45. The maximum absolute atomic E-state index is 9.45. The highest BCUT2D eigenvalue weighted by Gasteiger charge is 2.23. The number of aliphatic hydroxyl groups is 1. The Morgan fingerprint density at radius 3 is 1.89 bits per heavy atom. The first kappa shape index (κ1) is 15.2. The Labute approximate surface area is 112 Å². The third kappa shape index (κ3) is 2.93. The molecule has 1 aromatic carbocycles. The topological polar surface area (TPSA) is 23.5 Å². The van der Waals surface area contributed by atoms with Gasteiger partial charge >= 0.3 is 0 Å². The van der Waals surface area contributed by atoms with Gasteiger partial charge in [0.25, 0.3) is 0 Å². The van der Waals surface area contributed by atoms with E-state index in [0.29, 0.717) is 0 Å². The van der Waals surface area contributed by atoms with Gasteiger partial charge in [-0.3, -0.25) is 4.90 Å². The van der Waals surface area contributed by atoms with Gasteiger partial charge in [0.15, 0.2) is 0 Å². The van der Waals surface area contributed by atoms with E-state index in [1.165, 1.54) is 27.8 Å². The van der Waals surface area contributed by atoms with E-state index in [-0.39, 0.29) is 12.1 Å². The van der Waals surface area contributed by atoms with E-state index >= 15 is 0 Å². The molecule has 0 saturated carbocycles. The summed E-state index contributed by atoms with van der Waals surface area (Å²) < 4.78 is 0. The third-order valence-electron chi connectivity index (χ3n) is 4.34. The van der Waals surface area contributed by atoms with E-state index in [2.05, 4.69) is 59.6 Å². The summed E-state index contributed by atoms with van der Waals surface area (Å²) in [6.45, 7) is 13.9. The van der Waals surface area contributed by atoms with E-state index in [0.717, 1.165) is 6.54 Å². The molecule has 18 heavy (non-hydrogen) atoms. The fourth-order valence-electron chi connectivity index (χ4n) is 2.11. The van der Waals surface area contributed by atoms with Crippen LogP contribution in [0.1, 0.15) is 41.7 Å². The van der Waals surface area contributed by atoms with Crippen LogP contribution in [0.4, 0.5) is 0 Å². The zero-order chi connectivity index (χ0) is 14.1. The Hall–Kier alpha value is -0.860. The second-order valence-corrected chi connectivity index (χ2v) is 6.07. The van der Waals surface area contributed by atoms with Crippen LogP contribution < -0.4 is 0 Å². The quantitative estimate of drug-likeness (QED) is 0.886. The lowest BCUT2D eigenvalue weighted by Gasteiger charge is -2.35. The van der Waals surface area contributed by atoms with Crippen molar-refractivity contribution in [3.8, 4) is 0 Å². The molecule has 0 amide bonds. The van der Waals surface area contributed by atoms with Crippen molar-refractivity contribution in [1.29, 1.82) is 0 Å². The predicted molar refractivity (Wildman–Crippen MR) is 78.0 cm³/mol. The first-order valence-corrected chi connectivity index (χ1v) is 6.59. The first-order chi connectivity index (χ1) is 8.20. The summed E-state index contributed by atoms with van der Waals surface area (Å²) in [5.74, 6) is 0. The summed E-state index contributed by atoms with van der Waals surface area (Å²) in [5, 5.41) is 9.45. The minimum absolute atomic E-state index is 0.173. The van der Waals surface area contributed by atoms with Gasteiger partial charge in [-0.15, -0.1) is 0 Å². The Balaban J connectivity index is 3.12. The highest BCUT2D eigenvalue weighted by Crippen LogP contribution is 2.25. The molecule has 2 heteroatoms. The zero-order valence-corrected chi connectivity index (χ0v) is 12.9. The number of aliphatic hydroxyl groups excluding tert-OH is 1. The van der Waals surface area contributed by atoms with Gasteiger partial charge < -0.3 is 5.11 Å². The average Bonchev–Trinajstić information content (AvgIpc) is 2.31. The van der Waals surface area contributed by atoms with E-state index < -0.39 is 0 Å². The van der Waals surface area contributed by atoms with Gasteiger partial charge in [0.1, 0.15) is 0 Å². The van der Waals surface area contributed by atoms with E-state index in [9.17, 15) is 5.11 Å². The molecule has 0 saturated heterocycles. The molecule has 0 aromatic heterocycles. The Morgan fingerprint density at radius 2 is 1.50 bits per heavy atom. The first-order valence-electron chi connectivity index (χ1n) is 6.59. The smallest absolute Gasteiger partial charge is 0.0610 e. The van der Waals surface area contributed by atoms with Crippen LogP contribution >= 0.6 is 0 Å². The van der Waals surface area contributed by atoms with Gasteiger partial charge in [-0.05, 0) is 76.4 Å². The molecule has 1 N–H and O–H groups in total. The van der Waals surface area contributed by atoms with Crippen LogP contribution in [-0.2, 0) is 6.54 Å². The largest absolute Gasteiger partial charge is 0.394 e. The lowest BCUT2D eigenvalue weighted by Crippen LogP contribution is -2.43. The predicted octanol–water partition coefficient (Wildman–Crippen LogP) is 3.12. The molecule has 0 aliphatic carbocycles. The van der Waals surface area contributed by atoms with Crippen molar-refractivity contribution in [2.75, 3.05) is 13.7 Å². The van der Waals surface area contributed by atoms with Crippen molar-refractivity contribution in [2.45, 2.75) is 53.6 Å².